The highest BCUT2D eigenvalue weighted by atomic mass is 32.3. The first-order valence-electron chi connectivity index (χ1n) is 5.19. The fourth-order valence-electron chi connectivity index (χ4n) is 1.66. The van der Waals surface area contributed by atoms with Crippen molar-refractivity contribution in [3.8, 4) is 5.75 Å². The number of rotatable bonds is 4. The van der Waals surface area contributed by atoms with Crippen molar-refractivity contribution in [1.82, 2.24) is 4.98 Å². The second-order valence-corrected chi connectivity index (χ2v) is 5.74. The summed E-state index contributed by atoms with van der Waals surface area (Å²) in [4.78, 5) is 14.2. The molecule has 0 unspecified atom stereocenters. The van der Waals surface area contributed by atoms with E-state index in [1.165, 1.54) is 10.5 Å². The van der Waals surface area contributed by atoms with E-state index in [0.717, 1.165) is 6.42 Å². The molecule has 1 fully saturated rings. The van der Waals surface area contributed by atoms with E-state index < -0.39 is 10.8 Å². The van der Waals surface area contributed by atoms with E-state index >= 15 is 0 Å². The Balaban J connectivity index is 2.09. The van der Waals surface area contributed by atoms with Gasteiger partial charge >= 0.3 is 0 Å². The van der Waals surface area contributed by atoms with Crippen LogP contribution in [-0.4, -0.2) is 39.3 Å². The predicted molar refractivity (Wildman–Crippen MR) is 65.5 cm³/mol. The van der Waals surface area contributed by atoms with Crippen molar-refractivity contribution in [1.29, 1.82) is 0 Å². The number of pyridine rings is 1. The lowest BCUT2D eigenvalue weighted by atomic mass is 10.4. The van der Waals surface area contributed by atoms with Gasteiger partial charge in [-0.05, 0) is 18.6 Å². The molecular formula is C10H14N2O4S. The van der Waals surface area contributed by atoms with E-state index in [4.69, 9.17) is 4.74 Å². The summed E-state index contributed by atoms with van der Waals surface area (Å²) in [5.41, 5.74) is 0. The van der Waals surface area contributed by atoms with Crippen LogP contribution in [0, 0.1) is 0 Å². The molecule has 2 N–H and O–H groups in total. The molecule has 1 aliphatic heterocycles. The van der Waals surface area contributed by atoms with Crippen LogP contribution in [0.5, 0.6) is 5.75 Å². The largest absolute Gasteiger partial charge is 0.485 e. The van der Waals surface area contributed by atoms with Crippen molar-refractivity contribution >= 4 is 22.9 Å². The molecule has 1 aliphatic rings. The number of nitrogens with zero attached hydrogens (tertiary/aromatic N) is 2. The van der Waals surface area contributed by atoms with Gasteiger partial charge in [0.15, 0.2) is 6.29 Å². The Morgan fingerprint density at radius 3 is 2.88 bits per heavy atom. The van der Waals surface area contributed by atoms with Gasteiger partial charge in [0.1, 0.15) is 18.2 Å². The van der Waals surface area contributed by atoms with Crippen molar-refractivity contribution in [2.75, 3.05) is 23.2 Å². The van der Waals surface area contributed by atoms with Crippen LogP contribution in [0.15, 0.2) is 18.3 Å². The molecule has 2 rings (SSSR count). The van der Waals surface area contributed by atoms with Gasteiger partial charge in [0, 0.05) is 6.54 Å². The van der Waals surface area contributed by atoms with Crippen LogP contribution in [0.1, 0.15) is 6.42 Å². The standard InChI is InChI=1S/C10H14N2O4S/c13-5-6-16-9-2-3-10(11-8-9)12-4-1-7-17(12,14)15/h2-3,5,8,14-15H,1,4,6-7H2. The predicted octanol–water partition coefficient (Wildman–Crippen LogP) is 1.53. The quantitative estimate of drug-likeness (QED) is 0.797. The average Bonchev–Trinajstić information content (AvgIpc) is 2.67. The van der Waals surface area contributed by atoms with Crippen LogP contribution in [0.2, 0.25) is 0 Å². The summed E-state index contributed by atoms with van der Waals surface area (Å²) in [6, 6.07) is 3.30. The summed E-state index contributed by atoms with van der Waals surface area (Å²) < 4.78 is 26.1. The van der Waals surface area contributed by atoms with Crippen molar-refractivity contribution in [3.05, 3.63) is 18.3 Å². The van der Waals surface area contributed by atoms with Gasteiger partial charge in [-0.2, -0.15) is 0 Å². The number of carbonyl (C=O) groups excluding carboxylic acids is 1. The number of aromatic nitrogens is 1. The molecule has 0 radical (unpaired) electrons. The lowest BCUT2D eigenvalue weighted by Gasteiger charge is -2.37. The first-order chi connectivity index (χ1) is 8.13. The first kappa shape index (κ1) is 12.2. The zero-order chi connectivity index (χ0) is 12.3. The topological polar surface area (TPSA) is 82.9 Å². The molecule has 0 aliphatic carbocycles. The van der Waals surface area contributed by atoms with E-state index in [-0.39, 0.29) is 6.61 Å². The van der Waals surface area contributed by atoms with Crippen LogP contribution >= 0.6 is 10.8 Å². The molecule has 2 heterocycles. The minimum absolute atomic E-state index is 0.0140. The van der Waals surface area contributed by atoms with Crippen molar-refractivity contribution in [2.45, 2.75) is 6.42 Å². The second-order valence-electron chi connectivity index (χ2n) is 3.62. The number of ether oxygens (including phenoxy) is 1. The molecule has 17 heavy (non-hydrogen) atoms. The Bertz CT molecular complexity index is 396. The zero-order valence-electron chi connectivity index (χ0n) is 9.15. The summed E-state index contributed by atoms with van der Waals surface area (Å²) >= 11 is 0. The highest BCUT2D eigenvalue weighted by Gasteiger charge is 2.29. The molecule has 1 aromatic heterocycles. The molecule has 1 aromatic rings. The minimum atomic E-state index is -2.70. The SMILES string of the molecule is O=CCOc1ccc(N2CCCS2(O)O)nc1. The first-order valence-corrected chi connectivity index (χ1v) is 6.87. The van der Waals surface area contributed by atoms with E-state index in [0.29, 0.717) is 30.2 Å². The highest BCUT2D eigenvalue weighted by molar-refractivity contribution is 8.25. The molecule has 0 aromatic carbocycles. The van der Waals surface area contributed by atoms with Gasteiger partial charge in [-0.3, -0.25) is 18.2 Å². The Morgan fingerprint density at radius 2 is 2.35 bits per heavy atom. The Hall–Kier alpha value is -1.31. The molecule has 1 saturated heterocycles. The minimum Gasteiger partial charge on any atom is -0.485 e. The molecule has 0 bridgehead atoms. The fourth-order valence-corrected chi connectivity index (χ4v) is 3.22. The third-order valence-electron chi connectivity index (χ3n) is 2.43. The van der Waals surface area contributed by atoms with Gasteiger partial charge < -0.3 is 4.74 Å². The zero-order valence-corrected chi connectivity index (χ0v) is 9.97. The Kier molecular flexibility index (Phi) is 3.51. The van der Waals surface area contributed by atoms with E-state index in [1.807, 2.05) is 0 Å². The molecule has 94 valence electrons. The van der Waals surface area contributed by atoms with Crippen LogP contribution < -0.4 is 9.04 Å². The van der Waals surface area contributed by atoms with Gasteiger partial charge in [-0.25, -0.2) is 4.98 Å². The summed E-state index contributed by atoms with van der Waals surface area (Å²) in [5, 5.41) is 0. The van der Waals surface area contributed by atoms with Crippen LogP contribution in [0.3, 0.4) is 0 Å². The Labute approximate surface area is 101 Å². The lowest BCUT2D eigenvalue weighted by Crippen LogP contribution is -2.22. The van der Waals surface area contributed by atoms with Gasteiger partial charge in [0.25, 0.3) is 0 Å². The van der Waals surface area contributed by atoms with Crippen LogP contribution in [0.25, 0.3) is 0 Å². The summed E-state index contributed by atoms with van der Waals surface area (Å²) in [7, 11) is -2.70. The maximum Gasteiger partial charge on any atom is 0.157 e. The molecular weight excluding hydrogens is 244 g/mol. The third kappa shape index (κ3) is 2.68. The number of carbonyl (C=O) groups is 1. The Morgan fingerprint density at radius 1 is 1.53 bits per heavy atom. The molecule has 0 amide bonds. The number of anilines is 1. The molecule has 7 heteroatoms. The summed E-state index contributed by atoms with van der Waals surface area (Å²) in [5.74, 6) is 1.38. The second kappa shape index (κ2) is 4.91. The number of hydrogen-bond acceptors (Lipinski definition) is 6. The van der Waals surface area contributed by atoms with E-state index in [2.05, 4.69) is 4.98 Å². The third-order valence-corrected chi connectivity index (χ3v) is 4.34. The molecule has 0 atom stereocenters. The molecule has 0 spiro atoms. The fraction of sp³-hybridized carbons (Fsp3) is 0.400. The van der Waals surface area contributed by atoms with E-state index in [1.54, 1.807) is 12.1 Å². The van der Waals surface area contributed by atoms with Crippen molar-refractivity contribution in [2.24, 2.45) is 0 Å². The van der Waals surface area contributed by atoms with E-state index in [9.17, 15) is 13.9 Å². The number of aldehydes is 1. The smallest absolute Gasteiger partial charge is 0.157 e. The van der Waals surface area contributed by atoms with Crippen molar-refractivity contribution in [3.63, 3.8) is 0 Å². The van der Waals surface area contributed by atoms with Crippen LogP contribution in [-0.2, 0) is 4.79 Å². The summed E-state index contributed by atoms with van der Waals surface area (Å²) in [6.45, 7) is 0.573. The monoisotopic (exact) mass is 258 g/mol. The maximum absolute atomic E-state index is 10.1. The number of hydrogen-bond donors (Lipinski definition) is 2. The van der Waals surface area contributed by atoms with Gasteiger partial charge in [-0.1, -0.05) is 0 Å². The van der Waals surface area contributed by atoms with Gasteiger partial charge in [-0.15, -0.1) is 10.8 Å². The summed E-state index contributed by atoms with van der Waals surface area (Å²) in [6.07, 6.45) is 2.87. The highest BCUT2D eigenvalue weighted by Crippen LogP contribution is 2.50. The van der Waals surface area contributed by atoms with Crippen LogP contribution in [0.4, 0.5) is 5.82 Å². The lowest BCUT2D eigenvalue weighted by molar-refractivity contribution is -0.109. The maximum atomic E-state index is 10.1. The average molecular weight is 258 g/mol. The normalized spacial score (nSPS) is 20.0. The van der Waals surface area contributed by atoms with Crippen molar-refractivity contribution < 1.29 is 18.6 Å². The molecule has 0 saturated carbocycles. The molecule has 6 nitrogen and oxygen atoms in total. The van der Waals surface area contributed by atoms with Gasteiger partial charge in [0.05, 0.1) is 11.9 Å². The van der Waals surface area contributed by atoms with Gasteiger partial charge in [0.2, 0.25) is 0 Å².